The third-order valence-electron chi connectivity index (χ3n) is 9.14. The van der Waals surface area contributed by atoms with E-state index >= 15 is 4.39 Å². The predicted molar refractivity (Wildman–Crippen MR) is 188 cm³/mol. The minimum absolute atomic E-state index is 0.0108. The smallest absolute Gasteiger partial charge is 0.415 e. The van der Waals surface area contributed by atoms with Gasteiger partial charge >= 0.3 is 12.1 Å². The molecule has 0 bridgehead atoms. The van der Waals surface area contributed by atoms with Gasteiger partial charge in [0.15, 0.2) is 5.82 Å². The van der Waals surface area contributed by atoms with Gasteiger partial charge < -0.3 is 34.3 Å². The molecule has 2 atom stereocenters. The molecule has 2 aromatic carbocycles. The number of hydrogen-bond acceptors (Lipinski definition) is 10. The van der Waals surface area contributed by atoms with Gasteiger partial charge in [0.1, 0.15) is 29.0 Å². The molecule has 5 rings (SSSR count). The highest BCUT2D eigenvalue weighted by Crippen LogP contribution is 2.36. The Labute approximate surface area is 294 Å². The Morgan fingerprint density at radius 2 is 1.76 bits per heavy atom. The van der Waals surface area contributed by atoms with Gasteiger partial charge in [-0.2, -0.15) is 4.98 Å². The predicted octanol–water partition coefficient (Wildman–Crippen LogP) is 6.81. The van der Waals surface area contributed by atoms with Crippen LogP contribution in [-0.4, -0.2) is 72.2 Å². The van der Waals surface area contributed by atoms with Crippen molar-refractivity contribution in [3.05, 3.63) is 59.7 Å². The van der Waals surface area contributed by atoms with Gasteiger partial charge in [-0.1, -0.05) is 19.0 Å². The van der Waals surface area contributed by atoms with E-state index in [1.165, 1.54) is 29.0 Å². The molecule has 12 nitrogen and oxygen atoms in total. The molecule has 2 aliphatic heterocycles. The Bertz CT molecular complexity index is 1580. The van der Waals surface area contributed by atoms with Crippen LogP contribution in [-0.2, 0) is 9.53 Å². The molecule has 2 saturated heterocycles. The second kappa shape index (κ2) is 16.1. The van der Waals surface area contributed by atoms with E-state index in [1.54, 1.807) is 51.1 Å². The van der Waals surface area contributed by atoms with Crippen LogP contribution in [0.1, 0.15) is 96.5 Å². The van der Waals surface area contributed by atoms with Gasteiger partial charge in [0.2, 0.25) is 0 Å². The molecular weight excluding hydrogens is 643 g/mol. The number of anilines is 2. The van der Waals surface area contributed by atoms with Gasteiger partial charge in [0, 0.05) is 42.9 Å². The number of aromatic nitrogens is 2. The van der Waals surface area contributed by atoms with Crippen LogP contribution in [0.25, 0.3) is 0 Å². The average Bonchev–Trinajstić information content (AvgIpc) is 3.75. The second-order valence-corrected chi connectivity index (χ2v) is 14.4. The topological polar surface area (TPSA) is 136 Å². The third kappa shape index (κ3) is 9.04. The van der Waals surface area contributed by atoms with Gasteiger partial charge in [-0.15, -0.1) is 0 Å². The highest BCUT2D eigenvalue weighted by atomic mass is 19.1. The number of hydrogen-bond donors (Lipinski definition) is 1. The van der Waals surface area contributed by atoms with Crippen molar-refractivity contribution in [3.63, 3.8) is 0 Å². The zero-order valence-corrected chi connectivity index (χ0v) is 30.1. The summed E-state index contributed by atoms with van der Waals surface area (Å²) in [5, 5.41) is 4.08. The maximum Gasteiger partial charge on any atom is 0.415 e. The Balaban J connectivity index is 1.28. The Hall–Kier alpha value is -4.39. The number of rotatable bonds is 12. The van der Waals surface area contributed by atoms with Crippen molar-refractivity contribution < 1.29 is 32.7 Å². The molecule has 0 saturated carbocycles. The first-order chi connectivity index (χ1) is 23.8. The molecule has 2 aliphatic rings. The molecule has 0 spiro atoms. The van der Waals surface area contributed by atoms with Crippen molar-refractivity contribution >= 4 is 23.7 Å². The summed E-state index contributed by atoms with van der Waals surface area (Å²) < 4.78 is 38.7. The van der Waals surface area contributed by atoms with Crippen LogP contribution in [0.2, 0.25) is 0 Å². The molecule has 3 aromatic rings. The van der Waals surface area contributed by atoms with E-state index in [9.17, 15) is 9.59 Å². The number of piperidine rings is 1. The molecular formula is C37H51FN6O6. The fourth-order valence-corrected chi connectivity index (χ4v) is 6.40. The van der Waals surface area contributed by atoms with Crippen molar-refractivity contribution in [1.82, 2.24) is 15.0 Å². The number of benzene rings is 2. The summed E-state index contributed by atoms with van der Waals surface area (Å²) >= 11 is 0. The normalized spacial score (nSPS) is 17.6. The third-order valence-corrected chi connectivity index (χ3v) is 9.14. The van der Waals surface area contributed by atoms with Crippen molar-refractivity contribution in [1.29, 1.82) is 0 Å². The molecule has 50 heavy (non-hydrogen) atoms. The average molecular weight is 695 g/mol. The maximum atomic E-state index is 16.2. The number of methoxy groups -OCH3 is 1. The van der Waals surface area contributed by atoms with E-state index in [4.69, 9.17) is 24.5 Å². The molecule has 1 aromatic heterocycles. The molecule has 2 amide bonds. The van der Waals surface area contributed by atoms with E-state index in [1.807, 2.05) is 13.8 Å². The summed E-state index contributed by atoms with van der Waals surface area (Å²) in [4.78, 5) is 37.5. The monoisotopic (exact) mass is 694 g/mol. The number of likely N-dealkylation sites (tertiary alicyclic amines) is 1. The number of carbonyl (C=O) groups is 2. The van der Waals surface area contributed by atoms with Crippen LogP contribution in [0.5, 0.6) is 11.5 Å². The van der Waals surface area contributed by atoms with Gasteiger partial charge in [0.05, 0.1) is 19.9 Å². The first-order valence-corrected chi connectivity index (χ1v) is 17.6. The van der Waals surface area contributed by atoms with E-state index in [0.29, 0.717) is 55.1 Å². The molecule has 2 N–H and O–H groups in total. The number of carbonyl (C=O) groups excluding carboxylic acids is 2. The van der Waals surface area contributed by atoms with Gasteiger partial charge in [-0.25, -0.2) is 9.18 Å². The summed E-state index contributed by atoms with van der Waals surface area (Å²) in [6, 6.07) is 10.2. The minimum atomic E-state index is -1.38. The van der Waals surface area contributed by atoms with E-state index in [2.05, 4.69) is 15.0 Å². The Kier molecular flexibility index (Phi) is 11.9. The van der Waals surface area contributed by atoms with Gasteiger partial charge in [-0.3, -0.25) is 9.69 Å². The fourth-order valence-electron chi connectivity index (χ4n) is 6.40. The quantitative estimate of drug-likeness (QED) is 0.202. The first kappa shape index (κ1) is 36.9. The highest BCUT2D eigenvalue weighted by Gasteiger charge is 2.41. The highest BCUT2D eigenvalue weighted by molar-refractivity contribution is 5.98. The van der Waals surface area contributed by atoms with Crippen LogP contribution in [0.15, 0.2) is 47.0 Å². The van der Waals surface area contributed by atoms with Crippen LogP contribution in [0.4, 0.5) is 20.9 Å². The largest absolute Gasteiger partial charge is 0.497 e. The Morgan fingerprint density at radius 1 is 1.06 bits per heavy atom. The SMILES string of the molecule is COc1ccc(N(C(=O)OC(C)(C)C)C(C(=O)N2CCCC2N)c2ccc(OCCCC3CCN(c4nc(C(C)C)no4)CC3)cc2F)cc1. The molecule has 2 fully saturated rings. The van der Waals surface area contributed by atoms with Gasteiger partial charge in [0.25, 0.3) is 5.91 Å². The first-order valence-electron chi connectivity index (χ1n) is 17.6. The zero-order chi connectivity index (χ0) is 36.0. The lowest BCUT2D eigenvalue weighted by Crippen LogP contribution is -2.50. The van der Waals surface area contributed by atoms with Crippen LogP contribution < -0.4 is 25.0 Å². The molecule has 272 valence electrons. The fraction of sp³-hybridized carbons (Fsp3) is 0.568. The van der Waals surface area contributed by atoms with E-state index in [0.717, 1.165) is 44.6 Å². The molecule has 13 heteroatoms. The number of halogens is 1. The van der Waals surface area contributed by atoms with Crippen molar-refractivity contribution in [2.45, 2.75) is 96.9 Å². The van der Waals surface area contributed by atoms with Crippen LogP contribution >= 0.6 is 0 Å². The zero-order valence-electron chi connectivity index (χ0n) is 30.1. The number of ether oxygens (including phenoxy) is 3. The lowest BCUT2D eigenvalue weighted by Gasteiger charge is -2.36. The Morgan fingerprint density at radius 3 is 2.34 bits per heavy atom. The molecule has 2 unspecified atom stereocenters. The van der Waals surface area contributed by atoms with Crippen molar-refractivity contribution in [3.8, 4) is 11.5 Å². The minimum Gasteiger partial charge on any atom is -0.497 e. The number of amides is 2. The van der Waals surface area contributed by atoms with Crippen molar-refractivity contribution in [2.75, 3.05) is 43.2 Å². The lowest BCUT2D eigenvalue weighted by atomic mass is 9.92. The summed E-state index contributed by atoms with van der Waals surface area (Å²) in [7, 11) is 1.53. The second-order valence-electron chi connectivity index (χ2n) is 14.4. The number of nitrogens with two attached hydrogens (primary N) is 1. The van der Waals surface area contributed by atoms with Crippen LogP contribution in [0.3, 0.4) is 0 Å². The molecule has 0 aliphatic carbocycles. The van der Waals surface area contributed by atoms with Crippen molar-refractivity contribution in [2.24, 2.45) is 11.7 Å². The van der Waals surface area contributed by atoms with E-state index < -0.39 is 35.6 Å². The summed E-state index contributed by atoms with van der Waals surface area (Å²) in [5.41, 5.74) is 5.78. The summed E-state index contributed by atoms with van der Waals surface area (Å²) in [5.74, 6) is 1.22. The van der Waals surface area contributed by atoms with E-state index in [-0.39, 0.29) is 11.5 Å². The van der Waals surface area contributed by atoms with Gasteiger partial charge in [-0.05, 0) is 102 Å². The molecule has 0 radical (unpaired) electrons. The summed E-state index contributed by atoms with van der Waals surface area (Å²) in [6.07, 6.45) is 3.80. The summed E-state index contributed by atoms with van der Waals surface area (Å²) in [6.45, 7) is 11.8. The lowest BCUT2D eigenvalue weighted by molar-refractivity contribution is -0.133. The van der Waals surface area contributed by atoms with Crippen LogP contribution in [0, 0.1) is 11.7 Å². The standard InChI is InChI=1S/C37H51FN6O6/c1-24(2)33-40-35(50-41-33)42-20-17-25(18-21-42)9-8-22-48-28-15-16-29(30(38)23-28)32(34(45)43-19-7-10-31(43)39)44(36(46)49-37(3,4)5)26-11-13-27(47-6)14-12-26/h11-16,23-25,31-32H,7-10,17-22,39H2,1-6H3. The maximum absolute atomic E-state index is 16.2. The molecule has 3 heterocycles. The number of nitrogens with zero attached hydrogens (tertiary/aromatic N) is 5.